The molecule has 21 heavy (non-hydrogen) atoms. The van der Waals surface area contributed by atoms with Crippen LogP contribution in [-0.2, 0) is 4.79 Å². The predicted molar refractivity (Wildman–Crippen MR) is 83.6 cm³/mol. The maximum absolute atomic E-state index is 11.3. The molecule has 0 aliphatic carbocycles. The van der Waals surface area contributed by atoms with Crippen molar-refractivity contribution in [3.8, 4) is 5.75 Å². The molecule has 2 N–H and O–H groups in total. The first-order chi connectivity index (χ1) is 10.1. The summed E-state index contributed by atoms with van der Waals surface area (Å²) in [5, 5.41) is 4.13. The number of rotatable bonds is 3. The standard InChI is InChI=1S/C17H22N2O2/c1-11-12(2)19-16-5-4-14(9-15(11)16)21-10-13-3-6-17(20)18-8-7-13/h4-5,9,13,19H,3,6-8,10H2,1-2H3,(H,18,20). The summed E-state index contributed by atoms with van der Waals surface area (Å²) in [6, 6.07) is 6.19. The van der Waals surface area contributed by atoms with Crippen LogP contribution in [0.3, 0.4) is 0 Å². The lowest BCUT2D eigenvalue weighted by Gasteiger charge is -2.14. The van der Waals surface area contributed by atoms with E-state index in [2.05, 4.69) is 36.3 Å². The van der Waals surface area contributed by atoms with E-state index in [0.717, 1.165) is 30.7 Å². The normalized spacial score (nSPS) is 19.3. The molecule has 1 fully saturated rings. The molecule has 0 saturated carbocycles. The average molecular weight is 286 g/mol. The van der Waals surface area contributed by atoms with Crippen molar-refractivity contribution in [1.82, 2.24) is 10.3 Å². The van der Waals surface area contributed by atoms with Crippen LogP contribution in [0.5, 0.6) is 5.75 Å². The Bertz CT molecular complexity index is 660. The summed E-state index contributed by atoms with van der Waals surface area (Å²) in [6.07, 6.45) is 2.52. The van der Waals surface area contributed by atoms with Crippen molar-refractivity contribution < 1.29 is 9.53 Å². The molecule has 1 aliphatic rings. The molecule has 3 rings (SSSR count). The molecule has 1 aromatic carbocycles. The number of ether oxygens (including phenoxy) is 1. The maximum Gasteiger partial charge on any atom is 0.220 e. The lowest BCUT2D eigenvalue weighted by Crippen LogP contribution is -2.21. The summed E-state index contributed by atoms with van der Waals surface area (Å²) in [5.41, 5.74) is 3.64. The molecule has 0 radical (unpaired) electrons. The summed E-state index contributed by atoms with van der Waals surface area (Å²) in [7, 11) is 0. The van der Waals surface area contributed by atoms with Gasteiger partial charge >= 0.3 is 0 Å². The zero-order valence-corrected chi connectivity index (χ0v) is 12.7. The Morgan fingerprint density at radius 2 is 2.14 bits per heavy atom. The third-order valence-corrected chi connectivity index (χ3v) is 4.42. The van der Waals surface area contributed by atoms with Crippen LogP contribution < -0.4 is 10.1 Å². The van der Waals surface area contributed by atoms with Crippen LogP contribution in [0.1, 0.15) is 30.5 Å². The Balaban J connectivity index is 1.67. The third-order valence-electron chi connectivity index (χ3n) is 4.42. The zero-order valence-electron chi connectivity index (χ0n) is 12.7. The summed E-state index contributed by atoms with van der Waals surface area (Å²) < 4.78 is 5.96. The highest BCUT2D eigenvalue weighted by Gasteiger charge is 2.16. The highest BCUT2D eigenvalue weighted by Crippen LogP contribution is 2.26. The van der Waals surface area contributed by atoms with Crippen LogP contribution in [0.2, 0.25) is 0 Å². The smallest absolute Gasteiger partial charge is 0.220 e. The van der Waals surface area contributed by atoms with Crippen LogP contribution in [0, 0.1) is 19.8 Å². The zero-order chi connectivity index (χ0) is 14.8. The molecule has 1 aromatic heterocycles. The number of hydrogen-bond acceptors (Lipinski definition) is 2. The van der Waals surface area contributed by atoms with Crippen molar-refractivity contribution in [3.63, 3.8) is 0 Å². The second-order valence-corrected chi connectivity index (χ2v) is 5.94. The Morgan fingerprint density at radius 3 is 3.00 bits per heavy atom. The van der Waals surface area contributed by atoms with Crippen LogP contribution in [0.25, 0.3) is 10.9 Å². The van der Waals surface area contributed by atoms with E-state index in [4.69, 9.17) is 4.74 Å². The van der Waals surface area contributed by atoms with Crippen molar-refractivity contribution in [2.75, 3.05) is 13.2 Å². The van der Waals surface area contributed by atoms with Gasteiger partial charge in [-0.05, 0) is 56.4 Å². The number of hydrogen-bond donors (Lipinski definition) is 2. The van der Waals surface area contributed by atoms with Crippen molar-refractivity contribution in [2.24, 2.45) is 5.92 Å². The van der Waals surface area contributed by atoms with Gasteiger partial charge in [-0.2, -0.15) is 0 Å². The third kappa shape index (κ3) is 3.04. The van der Waals surface area contributed by atoms with E-state index in [9.17, 15) is 4.79 Å². The molecule has 2 heterocycles. The molecule has 1 amide bonds. The molecule has 112 valence electrons. The van der Waals surface area contributed by atoms with E-state index >= 15 is 0 Å². The van der Waals surface area contributed by atoms with Gasteiger partial charge in [-0.25, -0.2) is 0 Å². The number of aromatic amines is 1. The summed E-state index contributed by atoms with van der Waals surface area (Å²) in [5.74, 6) is 1.53. The van der Waals surface area contributed by atoms with Gasteiger partial charge in [-0.3, -0.25) is 4.79 Å². The number of carbonyl (C=O) groups is 1. The lowest BCUT2D eigenvalue weighted by atomic mass is 10.0. The Hall–Kier alpha value is -1.97. The van der Waals surface area contributed by atoms with E-state index in [-0.39, 0.29) is 5.91 Å². The minimum atomic E-state index is 0.164. The van der Waals surface area contributed by atoms with Crippen LogP contribution >= 0.6 is 0 Å². The SMILES string of the molecule is Cc1[nH]c2ccc(OCC3CCNC(=O)CC3)cc2c1C. The van der Waals surface area contributed by atoms with E-state index < -0.39 is 0 Å². The molecule has 4 heteroatoms. The van der Waals surface area contributed by atoms with Gasteiger partial charge in [0.25, 0.3) is 0 Å². The van der Waals surface area contributed by atoms with Crippen molar-refractivity contribution >= 4 is 16.8 Å². The summed E-state index contributed by atoms with van der Waals surface area (Å²) >= 11 is 0. The van der Waals surface area contributed by atoms with Gasteiger partial charge in [0, 0.05) is 29.6 Å². The lowest BCUT2D eigenvalue weighted by molar-refractivity contribution is -0.120. The van der Waals surface area contributed by atoms with Gasteiger partial charge in [-0.1, -0.05) is 0 Å². The fraction of sp³-hybridized carbons (Fsp3) is 0.471. The summed E-state index contributed by atoms with van der Waals surface area (Å²) in [6.45, 7) is 5.66. The number of H-pyrrole nitrogens is 1. The van der Waals surface area contributed by atoms with Crippen molar-refractivity contribution in [2.45, 2.75) is 33.1 Å². The van der Waals surface area contributed by atoms with E-state index in [1.54, 1.807) is 0 Å². The number of aryl methyl sites for hydroxylation is 2. The molecule has 0 bridgehead atoms. The Morgan fingerprint density at radius 1 is 1.29 bits per heavy atom. The number of amides is 1. The molecular formula is C17H22N2O2. The van der Waals surface area contributed by atoms with Crippen molar-refractivity contribution in [3.05, 3.63) is 29.5 Å². The Labute approximate surface area is 124 Å². The average Bonchev–Trinajstić information content (AvgIpc) is 2.64. The maximum atomic E-state index is 11.3. The predicted octanol–water partition coefficient (Wildman–Crippen LogP) is 3.08. The van der Waals surface area contributed by atoms with Gasteiger partial charge in [0.2, 0.25) is 5.91 Å². The first-order valence-corrected chi connectivity index (χ1v) is 7.62. The van der Waals surface area contributed by atoms with Crippen LogP contribution in [0.4, 0.5) is 0 Å². The summed E-state index contributed by atoms with van der Waals surface area (Å²) in [4.78, 5) is 14.7. The topological polar surface area (TPSA) is 54.1 Å². The molecule has 1 atom stereocenters. The molecule has 1 saturated heterocycles. The second-order valence-electron chi connectivity index (χ2n) is 5.94. The van der Waals surface area contributed by atoms with E-state index in [1.807, 2.05) is 6.07 Å². The van der Waals surface area contributed by atoms with Gasteiger partial charge in [0.05, 0.1) is 6.61 Å². The number of benzene rings is 1. The van der Waals surface area contributed by atoms with Gasteiger partial charge in [-0.15, -0.1) is 0 Å². The molecule has 2 aromatic rings. The number of nitrogens with one attached hydrogen (secondary N) is 2. The molecular weight excluding hydrogens is 264 g/mol. The Kier molecular flexibility index (Phi) is 3.86. The monoisotopic (exact) mass is 286 g/mol. The molecule has 1 aliphatic heterocycles. The largest absolute Gasteiger partial charge is 0.493 e. The van der Waals surface area contributed by atoms with Gasteiger partial charge < -0.3 is 15.0 Å². The highest BCUT2D eigenvalue weighted by atomic mass is 16.5. The number of carbonyl (C=O) groups excluding carboxylic acids is 1. The first kappa shape index (κ1) is 14.0. The van der Waals surface area contributed by atoms with Crippen LogP contribution in [-0.4, -0.2) is 24.0 Å². The minimum Gasteiger partial charge on any atom is -0.493 e. The second kappa shape index (κ2) is 5.80. The fourth-order valence-corrected chi connectivity index (χ4v) is 2.89. The van der Waals surface area contributed by atoms with Gasteiger partial charge in [0.1, 0.15) is 5.75 Å². The van der Waals surface area contributed by atoms with Crippen LogP contribution in [0.15, 0.2) is 18.2 Å². The van der Waals surface area contributed by atoms with E-state index in [0.29, 0.717) is 18.9 Å². The fourth-order valence-electron chi connectivity index (χ4n) is 2.89. The minimum absolute atomic E-state index is 0.164. The number of aromatic nitrogens is 1. The molecule has 4 nitrogen and oxygen atoms in total. The van der Waals surface area contributed by atoms with Gasteiger partial charge in [0.15, 0.2) is 0 Å². The van der Waals surface area contributed by atoms with E-state index in [1.165, 1.54) is 16.6 Å². The van der Waals surface area contributed by atoms with Crippen molar-refractivity contribution in [1.29, 1.82) is 0 Å². The highest BCUT2D eigenvalue weighted by molar-refractivity contribution is 5.85. The number of fused-ring (bicyclic) bond motifs is 1. The first-order valence-electron chi connectivity index (χ1n) is 7.62. The molecule has 1 unspecified atom stereocenters. The quantitative estimate of drug-likeness (QED) is 0.911. The molecule has 0 spiro atoms.